The van der Waals surface area contributed by atoms with Gasteiger partial charge >= 0.3 is 0 Å². The van der Waals surface area contributed by atoms with Crippen molar-refractivity contribution in [2.45, 2.75) is 52.9 Å². The Balaban J connectivity index is 3.35. The zero-order valence-corrected chi connectivity index (χ0v) is 9.84. The highest BCUT2D eigenvalue weighted by Crippen LogP contribution is 2.11. The fourth-order valence-corrected chi connectivity index (χ4v) is 1.60. The lowest BCUT2D eigenvalue weighted by molar-refractivity contribution is -0.120. The lowest BCUT2D eigenvalue weighted by Crippen LogP contribution is -2.06. The third kappa shape index (κ3) is 8.24. The fourth-order valence-electron chi connectivity index (χ4n) is 1.60. The summed E-state index contributed by atoms with van der Waals surface area (Å²) in [5, 5.41) is 0. The monoisotopic (exact) mass is 200 g/mol. The molecule has 0 heterocycles. The van der Waals surface area contributed by atoms with Crippen molar-refractivity contribution in [3.05, 3.63) is 0 Å². The van der Waals surface area contributed by atoms with Crippen molar-refractivity contribution in [3.8, 4) is 0 Å². The van der Waals surface area contributed by atoms with Crippen molar-refractivity contribution < 1.29 is 9.53 Å². The van der Waals surface area contributed by atoms with E-state index in [0.29, 0.717) is 18.1 Å². The quantitative estimate of drug-likeness (QED) is 0.534. The van der Waals surface area contributed by atoms with Crippen LogP contribution in [0.3, 0.4) is 0 Å². The van der Waals surface area contributed by atoms with Crippen LogP contribution >= 0.6 is 0 Å². The molecular weight excluding hydrogens is 176 g/mol. The zero-order chi connectivity index (χ0) is 10.8. The first-order chi connectivity index (χ1) is 6.70. The van der Waals surface area contributed by atoms with Crippen LogP contribution in [0.15, 0.2) is 0 Å². The second kappa shape index (κ2) is 9.20. The molecule has 1 unspecified atom stereocenters. The average molecular weight is 200 g/mol. The molecule has 0 aliphatic rings. The topological polar surface area (TPSA) is 26.3 Å². The number of hydrogen-bond donors (Lipinski definition) is 0. The molecule has 0 spiro atoms. The van der Waals surface area contributed by atoms with E-state index in [1.54, 1.807) is 0 Å². The Kier molecular flexibility index (Phi) is 8.95. The van der Waals surface area contributed by atoms with E-state index in [-0.39, 0.29) is 0 Å². The van der Waals surface area contributed by atoms with Gasteiger partial charge in [-0.05, 0) is 19.3 Å². The highest BCUT2D eigenvalue weighted by atomic mass is 16.5. The van der Waals surface area contributed by atoms with E-state index in [1.807, 2.05) is 6.92 Å². The molecule has 1 atom stereocenters. The predicted octanol–water partition coefficient (Wildman–Crippen LogP) is 3.20. The summed E-state index contributed by atoms with van der Waals surface area (Å²) in [5.41, 5.74) is 0. The smallest absolute Gasteiger partial charge is 0.133 e. The van der Waals surface area contributed by atoms with Crippen LogP contribution in [-0.4, -0.2) is 19.0 Å². The summed E-state index contributed by atoms with van der Waals surface area (Å²) in [6.45, 7) is 7.77. The Labute approximate surface area is 88.0 Å². The van der Waals surface area contributed by atoms with E-state index in [2.05, 4.69) is 13.8 Å². The molecule has 0 aliphatic heterocycles. The van der Waals surface area contributed by atoms with Crippen molar-refractivity contribution in [2.24, 2.45) is 5.92 Å². The number of carbonyl (C=O) groups is 1. The molecule has 2 heteroatoms. The molecule has 0 aromatic heterocycles. The summed E-state index contributed by atoms with van der Waals surface area (Å²) in [4.78, 5) is 11.4. The molecule has 0 fully saturated rings. The lowest BCUT2D eigenvalue weighted by atomic mass is 9.98. The molecule has 0 bridgehead atoms. The summed E-state index contributed by atoms with van der Waals surface area (Å²) in [6, 6.07) is 0. The summed E-state index contributed by atoms with van der Waals surface area (Å²) in [7, 11) is 0. The van der Waals surface area contributed by atoms with Crippen LogP contribution < -0.4 is 0 Å². The number of Topliss-reactive ketones (excluding diaryl/α,β-unsaturated/α-hetero) is 1. The van der Waals surface area contributed by atoms with Crippen LogP contribution in [0, 0.1) is 5.92 Å². The zero-order valence-electron chi connectivity index (χ0n) is 9.84. The molecular formula is C12H24O2. The largest absolute Gasteiger partial charge is 0.382 e. The molecule has 0 N–H and O–H groups in total. The Bertz CT molecular complexity index is 143. The van der Waals surface area contributed by atoms with Gasteiger partial charge in [0.2, 0.25) is 0 Å². The number of carbonyl (C=O) groups excluding carboxylic acids is 1. The van der Waals surface area contributed by atoms with Crippen molar-refractivity contribution in [3.63, 3.8) is 0 Å². The van der Waals surface area contributed by atoms with E-state index in [1.165, 1.54) is 6.42 Å². The average Bonchev–Trinajstić information content (AvgIpc) is 2.13. The van der Waals surface area contributed by atoms with Gasteiger partial charge < -0.3 is 4.74 Å². The molecule has 0 saturated carbocycles. The minimum Gasteiger partial charge on any atom is -0.382 e. The van der Waals surface area contributed by atoms with E-state index in [0.717, 1.165) is 32.5 Å². The van der Waals surface area contributed by atoms with Gasteiger partial charge in [0, 0.05) is 26.1 Å². The molecule has 14 heavy (non-hydrogen) atoms. The number of rotatable bonds is 9. The second-order valence-corrected chi connectivity index (χ2v) is 3.94. The van der Waals surface area contributed by atoms with Crippen LogP contribution in [0.1, 0.15) is 52.9 Å². The maximum atomic E-state index is 11.4. The van der Waals surface area contributed by atoms with Crippen molar-refractivity contribution in [2.75, 3.05) is 13.2 Å². The molecule has 2 nitrogen and oxygen atoms in total. The van der Waals surface area contributed by atoms with E-state index in [9.17, 15) is 4.79 Å². The van der Waals surface area contributed by atoms with Crippen molar-refractivity contribution in [1.82, 2.24) is 0 Å². The van der Waals surface area contributed by atoms with E-state index >= 15 is 0 Å². The highest BCUT2D eigenvalue weighted by Gasteiger charge is 2.07. The normalized spacial score (nSPS) is 12.8. The summed E-state index contributed by atoms with van der Waals surface area (Å²) in [6.07, 6.45) is 4.66. The molecule has 0 amide bonds. The molecule has 0 radical (unpaired) electrons. The third-order valence-corrected chi connectivity index (χ3v) is 2.31. The maximum absolute atomic E-state index is 11.4. The van der Waals surface area contributed by atoms with Gasteiger partial charge in [0.15, 0.2) is 0 Å². The number of ketones is 1. The predicted molar refractivity (Wildman–Crippen MR) is 59.4 cm³/mol. The fraction of sp³-hybridized carbons (Fsp3) is 0.917. The van der Waals surface area contributed by atoms with Crippen LogP contribution in [0.25, 0.3) is 0 Å². The maximum Gasteiger partial charge on any atom is 0.133 e. The first kappa shape index (κ1) is 13.6. The van der Waals surface area contributed by atoms with Crippen molar-refractivity contribution in [1.29, 1.82) is 0 Å². The van der Waals surface area contributed by atoms with Crippen LogP contribution in [0.2, 0.25) is 0 Å². The Hall–Kier alpha value is -0.370. The SMILES string of the molecule is CCCC(C)CC(=O)CCCOCC. The van der Waals surface area contributed by atoms with Gasteiger partial charge in [0.05, 0.1) is 0 Å². The van der Waals surface area contributed by atoms with Crippen LogP contribution in [0.4, 0.5) is 0 Å². The summed E-state index contributed by atoms with van der Waals surface area (Å²) >= 11 is 0. The Morgan fingerprint density at radius 2 is 2.07 bits per heavy atom. The molecule has 0 aromatic rings. The summed E-state index contributed by atoms with van der Waals surface area (Å²) in [5.74, 6) is 0.949. The second-order valence-electron chi connectivity index (χ2n) is 3.94. The third-order valence-electron chi connectivity index (χ3n) is 2.31. The van der Waals surface area contributed by atoms with E-state index < -0.39 is 0 Å². The van der Waals surface area contributed by atoms with Gasteiger partial charge in [-0.2, -0.15) is 0 Å². The minimum atomic E-state index is 0.394. The van der Waals surface area contributed by atoms with Gasteiger partial charge in [-0.1, -0.05) is 26.7 Å². The van der Waals surface area contributed by atoms with Crippen LogP contribution in [0.5, 0.6) is 0 Å². The Morgan fingerprint density at radius 3 is 2.64 bits per heavy atom. The first-order valence-electron chi connectivity index (χ1n) is 5.80. The van der Waals surface area contributed by atoms with Gasteiger partial charge in [-0.25, -0.2) is 0 Å². The van der Waals surface area contributed by atoms with Gasteiger partial charge in [-0.15, -0.1) is 0 Å². The van der Waals surface area contributed by atoms with E-state index in [4.69, 9.17) is 4.74 Å². The minimum absolute atomic E-state index is 0.394. The van der Waals surface area contributed by atoms with Gasteiger partial charge in [0.25, 0.3) is 0 Å². The molecule has 0 aliphatic carbocycles. The van der Waals surface area contributed by atoms with Gasteiger partial charge in [-0.3, -0.25) is 4.79 Å². The lowest BCUT2D eigenvalue weighted by Gasteiger charge is -2.08. The first-order valence-corrected chi connectivity index (χ1v) is 5.80. The Morgan fingerprint density at radius 1 is 1.36 bits per heavy atom. The standard InChI is InChI=1S/C12H24O2/c1-4-7-11(3)10-12(13)8-6-9-14-5-2/h11H,4-10H2,1-3H3. The summed E-state index contributed by atoms with van der Waals surface area (Å²) < 4.78 is 5.18. The van der Waals surface area contributed by atoms with Gasteiger partial charge in [0.1, 0.15) is 5.78 Å². The number of hydrogen-bond acceptors (Lipinski definition) is 2. The van der Waals surface area contributed by atoms with Crippen LogP contribution in [-0.2, 0) is 9.53 Å². The highest BCUT2D eigenvalue weighted by molar-refractivity contribution is 5.78. The molecule has 84 valence electrons. The molecule has 0 rings (SSSR count). The molecule has 0 saturated heterocycles. The molecule has 0 aromatic carbocycles. The number of ether oxygens (including phenoxy) is 1. The van der Waals surface area contributed by atoms with Crippen molar-refractivity contribution >= 4 is 5.78 Å².